The lowest BCUT2D eigenvalue weighted by atomic mass is 10.0. The molecule has 2 fully saturated rings. The Morgan fingerprint density at radius 2 is 2.05 bits per heavy atom. The Hall–Kier alpha value is -1.09. The van der Waals surface area contributed by atoms with Crippen LogP contribution in [0.1, 0.15) is 38.2 Å². The minimum Gasteiger partial charge on any atom is -0.356 e. The van der Waals surface area contributed by atoms with Crippen LogP contribution in [0.5, 0.6) is 0 Å². The third-order valence-corrected chi connectivity index (χ3v) is 4.88. The largest absolute Gasteiger partial charge is 0.356 e. The third kappa shape index (κ3) is 2.76. The van der Waals surface area contributed by atoms with E-state index < -0.39 is 0 Å². The highest BCUT2D eigenvalue weighted by Crippen LogP contribution is 2.38. The molecule has 104 valence electrons. The molecule has 0 aromatic carbocycles. The lowest BCUT2D eigenvalue weighted by Gasteiger charge is -2.18. The number of fused-ring (bicyclic) bond motifs is 1. The first-order chi connectivity index (χ1) is 9.26. The molecule has 2 N–H and O–H groups in total. The number of hydrogen-bond acceptors (Lipinski definition) is 3. The molecule has 2 aliphatic rings. The highest BCUT2D eigenvalue weighted by atomic mass is 15.2. The molecule has 0 amide bonds. The van der Waals surface area contributed by atoms with Crippen molar-refractivity contribution in [3.63, 3.8) is 0 Å². The minimum absolute atomic E-state index is 0.263. The van der Waals surface area contributed by atoms with Gasteiger partial charge in [-0.1, -0.05) is 19.4 Å². The molecular formula is C16H25N3. The van der Waals surface area contributed by atoms with E-state index in [2.05, 4.69) is 28.9 Å². The monoisotopic (exact) mass is 259 g/mol. The zero-order valence-electron chi connectivity index (χ0n) is 11.9. The number of aromatic nitrogens is 1. The van der Waals surface area contributed by atoms with Crippen LogP contribution >= 0.6 is 0 Å². The average Bonchev–Trinajstić information content (AvgIpc) is 3.00. The van der Waals surface area contributed by atoms with Crippen LogP contribution in [0.2, 0.25) is 0 Å². The summed E-state index contributed by atoms with van der Waals surface area (Å²) in [6, 6.07) is 4.64. The third-order valence-electron chi connectivity index (χ3n) is 4.88. The number of hydrogen-bond donors (Lipinski definition) is 1. The zero-order valence-corrected chi connectivity index (χ0v) is 11.9. The SMILES string of the molecule is CCC(N)Cc1ccc(N2CC3CCCC3C2)nc1. The Kier molecular flexibility index (Phi) is 3.74. The number of rotatable bonds is 4. The zero-order chi connectivity index (χ0) is 13.2. The maximum Gasteiger partial charge on any atom is 0.128 e. The predicted octanol–water partition coefficient (Wildman–Crippen LogP) is 2.60. The van der Waals surface area contributed by atoms with E-state index in [-0.39, 0.29) is 6.04 Å². The van der Waals surface area contributed by atoms with Gasteiger partial charge in [-0.3, -0.25) is 0 Å². The molecular weight excluding hydrogens is 234 g/mol. The first kappa shape index (κ1) is 12.9. The molecule has 3 heteroatoms. The summed E-state index contributed by atoms with van der Waals surface area (Å²) in [5.74, 6) is 3.01. The molecule has 0 spiro atoms. The molecule has 0 bridgehead atoms. The summed E-state index contributed by atoms with van der Waals surface area (Å²) in [6.45, 7) is 4.56. The van der Waals surface area contributed by atoms with Crippen LogP contribution in [-0.2, 0) is 6.42 Å². The van der Waals surface area contributed by atoms with Crippen molar-refractivity contribution in [3.05, 3.63) is 23.9 Å². The maximum atomic E-state index is 5.99. The van der Waals surface area contributed by atoms with Crippen LogP contribution in [0.4, 0.5) is 5.82 Å². The van der Waals surface area contributed by atoms with Crippen LogP contribution in [0.15, 0.2) is 18.3 Å². The summed E-state index contributed by atoms with van der Waals surface area (Å²) >= 11 is 0. The quantitative estimate of drug-likeness (QED) is 0.903. The van der Waals surface area contributed by atoms with Gasteiger partial charge in [0.1, 0.15) is 5.82 Å². The Labute approximate surface area is 116 Å². The number of nitrogens with two attached hydrogens (primary N) is 1. The van der Waals surface area contributed by atoms with Gasteiger partial charge < -0.3 is 10.6 Å². The van der Waals surface area contributed by atoms with E-state index in [0.29, 0.717) is 0 Å². The van der Waals surface area contributed by atoms with Gasteiger partial charge in [-0.25, -0.2) is 4.98 Å². The molecule has 1 saturated heterocycles. The van der Waals surface area contributed by atoms with E-state index in [1.54, 1.807) is 0 Å². The number of nitrogens with zero attached hydrogens (tertiary/aromatic N) is 2. The Morgan fingerprint density at radius 1 is 1.32 bits per heavy atom. The van der Waals surface area contributed by atoms with Crippen molar-refractivity contribution in [2.75, 3.05) is 18.0 Å². The van der Waals surface area contributed by atoms with Crippen LogP contribution in [0.25, 0.3) is 0 Å². The second-order valence-electron chi connectivity index (χ2n) is 6.25. The minimum atomic E-state index is 0.263. The summed E-state index contributed by atoms with van der Waals surface area (Å²) in [7, 11) is 0. The number of pyridine rings is 1. The van der Waals surface area contributed by atoms with Crippen LogP contribution in [0, 0.1) is 11.8 Å². The summed E-state index contributed by atoms with van der Waals surface area (Å²) < 4.78 is 0. The topological polar surface area (TPSA) is 42.1 Å². The molecule has 2 heterocycles. The van der Waals surface area contributed by atoms with Crippen molar-refractivity contribution >= 4 is 5.82 Å². The van der Waals surface area contributed by atoms with Gasteiger partial charge in [0.25, 0.3) is 0 Å². The van der Waals surface area contributed by atoms with Gasteiger partial charge in [0.15, 0.2) is 0 Å². The Bertz CT molecular complexity index is 403. The van der Waals surface area contributed by atoms with Gasteiger partial charge >= 0.3 is 0 Å². The maximum absolute atomic E-state index is 5.99. The van der Waals surface area contributed by atoms with E-state index >= 15 is 0 Å². The first-order valence-corrected chi connectivity index (χ1v) is 7.71. The van der Waals surface area contributed by atoms with Crippen molar-refractivity contribution in [1.82, 2.24) is 4.98 Å². The Balaban J connectivity index is 1.63. The molecule has 1 aromatic rings. The smallest absolute Gasteiger partial charge is 0.128 e. The standard InChI is InChI=1S/C16H25N3/c1-2-15(17)8-12-6-7-16(18-9-12)19-10-13-4-3-5-14(13)11-19/h6-7,9,13-15H,2-5,8,10-11,17H2,1H3. The van der Waals surface area contributed by atoms with E-state index in [1.807, 2.05) is 6.20 Å². The molecule has 3 rings (SSSR count). The fourth-order valence-electron chi connectivity index (χ4n) is 3.59. The molecule has 1 aliphatic heterocycles. The number of anilines is 1. The van der Waals surface area contributed by atoms with E-state index in [9.17, 15) is 0 Å². The normalized spacial score (nSPS) is 27.6. The molecule has 3 atom stereocenters. The van der Waals surface area contributed by atoms with Crippen molar-refractivity contribution in [3.8, 4) is 0 Å². The molecule has 1 saturated carbocycles. The van der Waals surface area contributed by atoms with Gasteiger partial charge in [-0.2, -0.15) is 0 Å². The second-order valence-corrected chi connectivity index (χ2v) is 6.25. The molecule has 1 aromatic heterocycles. The van der Waals surface area contributed by atoms with Crippen LogP contribution in [-0.4, -0.2) is 24.1 Å². The summed E-state index contributed by atoms with van der Waals surface area (Å²) in [6.07, 6.45) is 8.25. The van der Waals surface area contributed by atoms with Gasteiger partial charge in [-0.15, -0.1) is 0 Å². The van der Waals surface area contributed by atoms with Crippen molar-refractivity contribution < 1.29 is 0 Å². The van der Waals surface area contributed by atoms with Crippen molar-refractivity contribution in [1.29, 1.82) is 0 Å². The van der Waals surface area contributed by atoms with E-state index in [0.717, 1.165) is 30.5 Å². The highest BCUT2D eigenvalue weighted by molar-refractivity contribution is 5.41. The van der Waals surface area contributed by atoms with Gasteiger partial charge in [-0.05, 0) is 49.1 Å². The van der Waals surface area contributed by atoms with Gasteiger partial charge in [0.05, 0.1) is 0 Å². The van der Waals surface area contributed by atoms with E-state index in [1.165, 1.54) is 37.9 Å². The van der Waals surface area contributed by atoms with Gasteiger partial charge in [0, 0.05) is 25.3 Å². The van der Waals surface area contributed by atoms with Crippen LogP contribution < -0.4 is 10.6 Å². The van der Waals surface area contributed by atoms with Crippen LogP contribution in [0.3, 0.4) is 0 Å². The molecule has 3 unspecified atom stereocenters. The highest BCUT2D eigenvalue weighted by Gasteiger charge is 2.36. The predicted molar refractivity (Wildman–Crippen MR) is 79.3 cm³/mol. The summed E-state index contributed by atoms with van der Waals surface area (Å²) in [4.78, 5) is 7.12. The van der Waals surface area contributed by atoms with Crippen molar-refractivity contribution in [2.45, 2.75) is 45.1 Å². The summed E-state index contributed by atoms with van der Waals surface area (Å²) in [5, 5.41) is 0. The Morgan fingerprint density at radius 3 is 2.63 bits per heavy atom. The molecule has 1 aliphatic carbocycles. The van der Waals surface area contributed by atoms with Crippen molar-refractivity contribution in [2.24, 2.45) is 17.6 Å². The van der Waals surface area contributed by atoms with E-state index in [4.69, 9.17) is 5.73 Å². The molecule has 0 radical (unpaired) electrons. The first-order valence-electron chi connectivity index (χ1n) is 7.71. The summed E-state index contributed by atoms with van der Waals surface area (Å²) in [5.41, 5.74) is 7.25. The molecule has 3 nitrogen and oxygen atoms in total. The molecule has 19 heavy (non-hydrogen) atoms. The fourth-order valence-corrected chi connectivity index (χ4v) is 3.59. The average molecular weight is 259 g/mol. The lowest BCUT2D eigenvalue weighted by molar-refractivity contribution is 0.494. The lowest BCUT2D eigenvalue weighted by Crippen LogP contribution is -2.23. The van der Waals surface area contributed by atoms with Gasteiger partial charge in [0.2, 0.25) is 0 Å². The second kappa shape index (κ2) is 5.49. The fraction of sp³-hybridized carbons (Fsp3) is 0.688.